The fourth-order valence-electron chi connectivity index (χ4n) is 2.04. The molecule has 2 aromatic rings. The largest absolute Gasteiger partial charge is 0.288 e. The SMILES string of the molecule is Cc1c(-n2cnnc2)cccc1C(C)(C)C. The van der Waals surface area contributed by atoms with Gasteiger partial charge in [0.2, 0.25) is 0 Å². The molecule has 0 fully saturated rings. The Bertz CT molecular complexity index is 478. The van der Waals surface area contributed by atoms with Gasteiger partial charge in [-0.05, 0) is 29.5 Å². The number of benzene rings is 1. The van der Waals surface area contributed by atoms with Crippen molar-refractivity contribution in [1.82, 2.24) is 14.8 Å². The Morgan fingerprint density at radius 2 is 1.69 bits per heavy atom. The van der Waals surface area contributed by atoms with E-state index in [1.807, 2.05) is 4.57 Å². The van der Waals surface area contributed by atoms with Gasteiger partial charge in [-0.3, -0.25) is 4.57 Å². The molecule has 2 rings (SSSR count). The quantitative estimate of drug-likeness (QED) is 0.732. The average molecular weight is 215 g/mol. The number of hydrogen-bond acceptors (Lipinski definition) is 2. The molecule has 3 nitrogen and oxygen atoms in total. The normalized spacial score (nSPS) is 11.8. The molecule has 0 bridgehead atoms. The van der Waals surface area contributed by atoms with Crippen molar-refractivity contribution in [3.8, 4) is 5.69 Å². The first-order chi connectivity index (χ1) is 7.50. The first kappa shape index (κ1) is 10.9. The summed E-state index contributed by atoms with van der Waals surface area (Å²) in [5.41, 5.74) is 3.96. The lowest BCUT2D eigenvalue weighted by Gasteiger charge is -2.23. The van der Waals surface area contributed by atoms with Crippen molar-refractivity contribution in [2.75, 3.05) is 0 Å². The average Bonchev–Trinajstić information content (AvgIpc) is 2.69. The van der Waals surface area contributed by atoms with E-state index in [0.717, 1.165) is 5.69 Å². The molecule has 0 radical (unpaired) electrons. The lowest BCUT2D eigenvalue weighted by atomic mass is 9.83. The van der Waals surface area contributed by atoms with Crippen molar-refractivity contribution >= 4 is 0 Å². The first-order valence-corrected chi connectivity index (χ1v) is 5.45. The predicted octanol–water partition coefficient (Wildman–Crippen LogP) is 2.87. The van der Waals surface area contributed by atoms with Crippen LogP contribution >= 0.6 is 0 Å². The Labute approximate surface area is 96.1 Å². The summed E-state index contributed by atoms with van der Waals surface area (Å²) >= 11 is 0. The van der Waals surface area contributed by atoms with Crippen molar-refractivity contribution in [1.29, 1.82) is 0 Å². The molecule has 1 aromatic carbocycles. The molecule has 0 aliphatic carbocycles. The zero-order chi connectivity index (χ0) is 11.8. The molecule has 0 saturated carbocycles. The van der Waals surface area contributed by atoms with Crippen molar-refractivity contribution in [3.05, 3.63) is 42.0 Å². The summed E-state index contributed by atoms with van der Waals surface area (Å²) in [6.45, 7) is 8.83. The number of nitrogens with zero attached hydrogens (tertiary/aromatic N) is 3. The summed E-state index contributed by atoms with van der Waals surface area (Å²) in [4.78, 5) is 0. The van der Waals surface area contributed by atoms with E-state index < -0.39 is 0 Å². The van der Waals surface area contributed by atoms with Crippen LogP contribution in [0.2, 0.25) is 0 Å². The number of rotatable bonds is 1. The lowest BCUT2D eigenvalue weighted by molar-refractivity contribution is 0.585. The second-order valence-corrected chi connectivity index (χ2v) is 5.07. The molecule has 0 aliphatic rings. The number of aromatic nitrogens is 3. The van der Waals surface area contributed by atoms with Crippen LogP contribution in [0.15, 0.2) is 30.9 Å². The minimum absolute atomic E-state index is 0.161. The molecule has 0 N–H and O–H groups in total. The van der Waals surface area contributed by atoms with Crippen LogP contribution in [-0.2, 0) is 5.41 Å². The van der Waals surface area contributed by atoms with Crippen LogP contribution in [0.5, 0.6) is 0 Å². The molecule has 0 spiro atoms. The molecule has 0 amide bonds. The molecule has 0 unspecified atom stereocenters. The molecule has 3 heteroatoms. The van der Waals surface area contributed by atoms with Crippen LogP contribution in [-0.4, -0.2) is 14.8 Å². The molecule has 1 aromatic heterocycles. The van der Waals surface area contributed by atoms with E-state index in [9.17, 15) is 0 Å². The lowest BCUT2D eigenvalue weighted by Crippen LogP contribution is -2.14. The zero-order valence-corrected chi connectivity index (χ0v) is 10.2. The molecule has 0 saturated heterocycles. The van der Waals surface area contributed by atoms with Crippen LogP contribution in [0.1, 0.15) is 31.9 Å². The minimum Gasteiger partial charge on any atom is -0.288 e. The third kappa shape index (κ3) is 1.85. The Hall–Kier alpha value is -1.64. The van der Waals surface area contributed by atoms with Crippen molar-refractivity contribution < 1.29 is 0 Å². The van der Waals surface area contributed by atoms with Crippen LogP contribution in [0.25, 0.3) is 5.69 Å². The monoisotopic (exact) mass is 215 g/mol. The second kappa shape index (κ2) is 3.74. The van der Waals surface area contributed by atoms with E-state index in [0.29, 0.717) is 0 Å². The zero-order valence-electron chi connectivity index (χ0n) is 10.2. The van der Waals surface area contributed by atoms with Gasteiger partial charge in [0.1, 0.15) is 12.7 Å². The molecule has 0 atom stereocenters. The van der Waals surface area contributed by atoms with E-state index in [1.165, 1.54) is 11.1 Å². The standard InChI is InChI=1S/C13H17N3/c1-10-11(13(2,3)4)6-5-7-12(10)16-8-14-15-9-16/h5-9H,1-4H3. The molecular formula is C13H17N3. The Balaban J connectivity index is 2.58. The van der Waals surface area contributed by atoms with Gasteiger partial charge in [-0.25, -0.2) is 0 Å². The van der Waals surface area contributed by atoms with E-state index in [2.05, 4.69) is 56.1 Å². The maximum Gasteiger partial charge on any atom is 0.123 e. The van der Waals surface area contributed by atoms with Gasteiger partial charge in [0.05, 0.1) is 5.69 Å². The maximum absolute atomic E-state index is 3.84. The Kier molecular flexibility index (Phi) is 2.54. The Morgan fingerprint density at radius 1 is 1.06 bits per heavy atom. The predicted molar refractivity (Wildman–Crippen MR) is 64.8 cm³/mol. The van der Waals surface area contributed by atoms with Gasteiger partial charge in [-0.1, -0.05) is 32.9 Å². The highest BCUT2D eigenvalue weighted by Gasteiger charge is 2.17. The van der Waals surface area contributed by atoms with E-state index in [-0.39, 0.29) is 5.41 Å². The molecule has 1 heterocycles. The highest BCUT2D eigenvalue weighted by Crippen LogP contribution is 2.28. The van der Waals surface area contributed by atoms with Gasteiger partial charge >= 0.3 is 0 Å². The fourth-order valence-corrected chi connectivity index (χ4v) is 2.04. The minimum atomic E-state index is 0.161. The van der Waals surface area contributed by atoms with Gasteiger partial charge in [0.25, 0.3) is 0 Å². The summed E-state index contributed by atoms with van der Waals surface area (Å²) in [6.07, 6.45) is 3.46. The summed E-state index contributed by atoms with van der Waals surface area (Å²) in [5.74, 6) is 0. The number of hydrogen-bond donors (Lipinski definition) is 0. The fraction of sp³-hybridized carbons (Fsp3) is 0.385. The maximum atomic E-state index is 3.84. The molecular weight excluding hydrogens is 198 g/mol. The highest BCUT2D eigenvalue weighted by atomic mass is 15.2. The van der Waals surface area contributed by atoms with Crippen molar-refractivity contribution in [3.63, 3.8) is 0 Å². The van der Waals surface area contributed by atoms with Crippen LogP contribution < -0.4 is 0 Å². The van der Waals surface area contributed by atoms with Crippen LogP contribution in [0, 0.1) is 6.92 Å². The molecule has 84 valence electrons. The Morgan fingerprint density at radius 3 is 2.25 bits per heavy atom. The van der Waals surface area contributed by atoms with Crippen molar-refractivity contribution in [2.24, 2.45) is 0 Å². The summed E-state index contributed by atoms with van der Waals surface area (Å²) in [5, 5.41) is 7.69. The first-order valence-electron chi connectivity index (χ1n) is 5.45. The van der Waals surface area contributed by atoms with Crippen LogP contribution in [0.4, 0.5) is 0 Å². The smallest absolute Gasteiger partial charge is 0.123 e. The third-order valence-electron chi connectivity index (χ3n) is 2.81. The van der Waals surface area contributed by atoms with Gasteiger partial charge in [-0.2, -0.15) is 0 Å². The highest BCUT2D eigenvalue weighted by molar-refractivity contribution is 5.47. The van der Waals surface area contributed by atoms with Gasteiger partial charge in [0, 0.05) is 0 Å². The summed E-state index contributed by atoms with van der Waals surface area (Å²) in [7, 11) is 0. The van der Waals surface area contributed by atoms with E-state index in [1.54, 1.807) is 12.7 Å². The van der Waals surface area contributed by atoms with Gasteiger partial charge < -0.3 is 0 Å². The van der Waals surface area contributed by atoms with Gasteiger partial charge in [0.15, 0.2) is 0 Å². The van der Waals surface area contributed by atoms with E-state index in [4.69, 9.17) is 0 Å². The van der Waals surface area contributed by atoms with Crippen LogP contribution in [0.3, 0.4) is 0 Å². The van der Waals surface area contributed by atoms with Gasteiger partial charge in [-0.15, -0.1) is 10.2 Å². The molecule has 16 heavy (non-hydrogen) atoms. The molecule has 0 aliphatic heterocycles. The second-order valence-electron chi connectivity index (χ2n) is 5.07. The van der Waals surface area contributed by atoms with E-state index >= 15 is 0 Å². The topological polar surface area (TPSA) is 30.7 Å². The third-order valence-corrected chi connectivity index (χ3v) is 2.81. The van der Waals surface area contributed by atoms with Crippen molar-refractivity contribution in [2.45, 2.75) is 33.1 Å². The summed E-state index contributed by atoms with van der Waals surface area (Å²) in [6, 6.07) is 6.36. The summed E-state index contributed by atoms with van der Waals surface area (Å²) < 4.78 is 1.95.